The second kappa shape index (κ2) is 2.97. The van der Waals surface area contributed by atoms with Gasteiger partial charge < -0.3 is 5.73 Å². The summed E-state index contributed by atoms with van der Waals surface area (Å²) < 4.78 is 1.05. The number of carbonyl (C=O) groups excluding carboxylic acids is 1. The van der Waals surface area contributed by atoms with Gasteiger partial charge in [-0.05, 0) is 0 Å². The van der Waals surface area contributed by atoms with Crippen molar-refractivity contribution >= 4 is 17.2 Å². The van der Waals surface area contributed by atoms with Crippen molar-refractivity contribution < 1.29 is 4.79 Å². The van der Waals surface area contributed by atoms with Gasteiger partial charge in [0, 0.05) is 0 Å². The fraction of sp³-hybridized carbons (Fsp3) is 0. The molecule has 0 fully saturated rings. The van der Waals surface area contributed by atoms with Crippen LogP contribution in [0.2, 0.25) is 0 Å². The number of aromatic nitrogens is 4. The van der Waals surface area contributed by atoms with Crippen LogP contribution in [0.3, 0.4) is 0 Å². The van der Waals surface area contributed by atoms with Crippen LogP contribution in [0.4, 0.5) is 4.79 Å². The van der Waals surface area contributed by atoms with E-state index in [-0.39, 0.29) is 11.2 Å². The van der Waals surface area contributed by atoms with Crippen molar-refractivity contribution in [1.29, 1.82) is 0 Å². The van der Waals surface area contributed by atoms with Gasteiger partial charge in [-0.15, -0.1) is 0 Å². The molecule has 2 heterocycles. The van der Waals surface area contributed by atoms with Crippen molar-refractivity contribution in [2.24, 2.45) is 5.73 Å². The first-order valence-corrected chi connectivity index (χ1v) is 3.84. The third-order valence-electron chi connectivity index (χ3n) is 1.67. The van der Waals surface area contributed by atoms with Gasteiger partial charge in [0.2, 0.25) is 0 Å². The number of imidazole rings is 1. The molecule has 0 aliphatic heterocycles. The van der Waals surface area contributed by atoms with E-state index in [1.807, 2.05) is 4.98 Å². The lowest BCUT2D eigenvalue weighted by atomic mass is 10.5. The van der Waals surface area contributed by atoms with Crippen molar-refractivity contribution in [1.82, 2.24) is 19.6 Å². The van der Waals surface area contributed by atoms with E-state index in [0.717, 1.165) is 11.0 Å². The number of nitrogens with one attached hydrogen (secondary N) is 3. The van der Waals surface area contributed by atoms with Gasteiger partial charge in [-0.25, -0.2) is 24.7 Å². The summed E-state index contributed by atoms with van der Waals surface area (Å²) in [4.78, 5) is 40.7. The third kappa shape index (κ3) is 1.45. The van der Waals surface area contributed by atoms with Crippen LogP contribution in [-0.2, 0) is 0 Å². The number of aromatic amines is 2. The van der Waals surface area contributed by atoms with Gasteiger partial charge in [0.25, 0.3) is 5.56 Å². The van der Waals surface area contributed by atoms with Crippen LogP contribution in [0.1, 0.15) is 0 Å². The SMILES string of the molecule is NC(=O)Nn1cnc2c(=O)[nH]c(=O)[nH]c21. The molecule has 0 bridgehead atoms. The monoisotopic (exact) mass is 210 g/mol. The van der Waals surface area contributed by atoms with Crippen molar-refractivity contribution in [2.45, 2.75) is 0 Å². The van der Waals surface area contributed by atoms with Gasteiger partial charge in [-0.1, -0.05) is 0 Å². The standard InChI is InChI=1S/C6H6N6O3/c7-5(14)11-12-1-8-2-3(12)9-6(15)10-4(2)13/h1H,(H3,7,11,14)(H2,9,10,13,15). The second-order valence-corrected chi connectivity index (χ2v) is 2.70. The van der Waals surface area contributed by atoms with Gasteiger partial charge in [0.05, 0.1) is 0 Å². The normalized spacial score (nSPS) is 10.4. The number of hydrogen-bond acceptors (Lipinski definition) is 4. The molecule has 0 saturated carbocycles. The summed E-state index contributed by atoms with van der Waals surface area (Å²) in [7, 11) is 0. The molecule has 0 aliphatic rings. The number of rotatable bonds is 1. The van der Waals surface area contributed by atoms with Crippen LogP contribution in [0.5, 0.6) is 0 Å². The van der Waals surface area contributed by atoms with Crippen LogP contribution in [0.25, 0.3) is 11.2 Å². The van der Waals surface area contributed by atoms with E-state index in [4.69, 9.17) is 5.73 Å². The largest absolute Gasteiger partial charge is 0.350 e. The summed E-state index contributed by atoms with van der Waals surface area (Å²) in [5.41, 5.74) is 5.77. The number of nitrogens with two attached hydrogens (primary N) is 1. The Labute approximate surface area is 80.9 Å². The molecule has 78 valence electrons. The fourth-order valence-electron chi connectivity index (χ4n) is 1.14. The van der Waals surface area contributed by atoms with Gasteiger partial charge in [-0.2, -0.15) is 0 Å². The number of nitrogens with zero attached hydrogens (tertiary/aromatic N) is 2. The molecule has 0 unspecified atom stereocenters. The summed E-state index contributed by atoms with van der Waals surface area (Å²) in [6.07, 6.45) is 1.15. The van der Waals surface area contributed by atoms with Crippen LogP contribution < -0.4 is 22.4 Å². The first kappa shape index (κ1) is 8.99. The van der Waals surface area contributed by atoms with Gasteiger partial charge in [0.1, 0.15) is 6.33 Å². The summed E-state index contributed by atoms with van der Waals surface area (Å²) in [5, 5.41) is 0. The Morgan fingerprint density at radius 3 is 2.87 bits per heavy atom. The molecule has 15 heavy (non-hydrogen) atoms. The van der Waals surface area contributed by atoms with Crippen LogP contribution >= 0.6 is 0 Å². The molecule has 2 aromatic heterocycles. The number of carbonyl (C=O) groups is 1. The number of urea groups is 1. The van der Waals surface area contributed by atoms with E-state index in [1.165, 1.54) is 0 Å². The Hall–Kier alpha value is -2.58. The predicted molar refractivity (Wildman–Crippen MR) is 49.9 cm³/mol. The molecular formula is C6H6N6O3. The average molecular weight is 210 g/mol. The van der Waals surface area contributed by atoms with Crippen LogP contribution in [0.15, 0.2) is 15.9 Å². The quantitative estimate of drug-likeness (QED) is 0.433. The highest BCUT2D eigenvalue weighted by Gasteiger charge is 2.08. The molecule has 0 spiro atoms. The smallest absolute Gasteiger partial charge is 0.331 e. The average Bonchev–Trinajstić information content (AvgIpc) is 2.48. The van der Waals surface area contributed by atoms with Gasteiger partial charge in [0.15, 0.2) is 11.2 Å². The molecule has 2 aromatic rings. The summed E-state index contributed by atoms with van der Waals surface area (Å²) in [5.74, 6) is 0. The molecule has 0 atom stereocenters. The second-order valence-electron chi connectivity index (χ2n) is 2.70. The van der Waals surface area contributed by atoms with E-state index in [0.29, 0.717) is 0 Å². The first-order chi connectivity index (χ1) is 7.08. The van der Waals surface area contributed by atoms with E-state index in [1.54, 1.807) is 0 Å². The topological polar surface area (TPSA) is 139 Å². The number of fused-ring (bicyclic) bond motifs is 1. The highest BCUT2D eigenvalue weighted by atomic mass is 16.2. The molecule has 5 N–H and O–H groups in total. The summed E-state index contributed by atoms with van der Waals surface area (Å²) in [6, 6.07) is -0.838. The Morgan fingerprint density at radius 2 is 2.20 bits per heavy atom. The molecule has 0 radical (unpaired) electrons. The highest BCUT2D eigenvalue weighted by molar-refractivity contribution is 5.82. The van der Waals surface area contributed by atoms with E-state index < -0.39 is 17.3 Å². The molecule has 2 rings (SSSR count). The lowest BCUT2D eigenvalue weighted by Crippen LogP contribution is -2.29. The number of amides is 2. The molecule has 0 aliphatic carbocycles. The summed E-state index contributed by atoms with van der Waals surface area (Å²) in [6.45, 7) is 0. The molecule has 0 saturated heterocycles. The van der Waals surface area contributed by atoms with E-state index in [9.17, 15) is 14.4 Å². The Bertz CT molecular complexity index is 634. The lowest BCUT2D eigenvalue weighted by Gasteiger charge is -2.01. The molecule has 2 amide bonds. The summed E-state index contributed by atoms with van der Waals surface area (Å²) >= 11 is 0. The molecule has 9 heteroatoms. The van der Waals surface area contributed by atoms with Crippen molar-refractivity contribution in [3.8, 4) is 0 Å². The van der Waals surface area contributed by atoms with Gasteiger partial charge in [-0.3, -0.25) is 14.8 Å². The van der Waals surface area contributed by atoms with Crippen LogP contribution in [-0.4, -0.2) is 25.7 Å². The van der Waals surface area contributed by atoms with Crippen LogP contribution in [0, 0.1) is 0 Å². The first-order valence-electron chi connectivity index (χ1n) is 3.84. The zero-order valence-electron chi connectivity index (χ0n) is 7.27. The maximum absolute atomic E-state index is 11.2. The third-order valence-corrected chi connectivity index (χ3v) is 1.67. The van der Waals surface area contributed by atoms with Crippen molar-refractivity contribution in [3.63, 3.8) is 0 Å². The Balaban J connectivity index is 2.74. The van der Waals surface area contributed by atoms with Crippen molar-refractivity contribution in [3.05, 3.63) is 27.2 Å². The number of hydrogen-bond donors (Lipinski definition) is 4. The zero-order chi connectivity index (χ0) is 11.0. The molecule has 9 nitrogen and oxygen atoms in total. The van der Waals surface area contributed by atoms with E-state index in [2.05, 4.69) is 15.4 Å². The number of primary amides is 1. The predicted octanol–water partition coefficient (Wildman–Crippen LogP) is -1.96. The fourth-order valence-corrected chi connectivity index (χ4v) is 1.14. The van der Waals surface area contributed by atoms with E-state index >= 15 is 0 Å². The highest BCUT2D eigenvalue weighted by Crippen LogP contribution is 1.98. The molecule has 0 aromatic carbocycles. The maximum Gasteiger partial charge on any atom is 0.331 e. The Morgan fingerprint density at radius 1 is 1.47 bits per heavy atom. The maximum atomic E-state index is 11.2. The Kier molecular flexibility index (Phi) is 1.78. The minimum absolute atomic E-state index is 0.00310. The minimum atomic E-state index is -0.838. The zero-order valence-corrected chi connectivity index (χ0v) is 7.27. The lowest BCUT2D eigenvalue weighted by molar-refractivity contribution is 0.257. The number of H-pyrrole nitrogens is 2. The minimum Gasteiger partial charge on any atom is -0.350 e. The van der Waals surface area contributed by atoms with Crippen molar-refractivity contribution in [2.75, 3.05) is 5.43 Å². The molecular weight excluding hydrogens is 204 g/mol. The van der Waals surface area contributed by atoms with Gasteiger partial charge >= 0.3 is 11.7 Å².